The molecule has 0 aliphatic carbocycles. The molecule has 0 bridgehead atoms. The van der Waals surface area contributed by atoms with E-state index in [1.807, 2.05) is 19.1 Å². The summed E-state index contributed by atoms with van der Waals surface area (Å²) in [5, 5.41) is 4.26. The number of halogens is 1. The lowest BCUT2D eigenvalue weighted by molar-refractivity contribution is -0.149. The largest absolute Gasteiger partial charge is 0.462 e. The molecule has 1 N–H and O–H groups in total. The van der Waals surface area contributed by atoms with Gasteiger partial charge in [0.2, 0.25) is 0 Å². The third kappa shape index (κ3) is 6.44. The monoisotopic (exact) mass is 534 g/mol. The van der Waals surface area contributed by atoms with Gasteiger partial charge in [0.05, 0.1) is 21.5 Å². The van der Waals surface area contributed by atoms with E-state index in [4.69, 9.17) is 16.3 Å². The van der Waals surface area contributed by atoms with Crippen LogP contribution in [0.15, 0.2) is 47.4 Å². The van der Waals surface area contributed by atoms with Crippen LogP contribution in [0.4, 0.5) is 0 Å². The average Bonchev–Trinajstić information content (AvgIpc) is 3.13. The van der Waals surface area contributed by atoms with E-state index in [2.05, 4.69) is 10.1 Å². The number of hydrogen-bond acceptors (Lipinski definition) is 7. The van der Waals surface area contributed by atoms with Crippen LogP contribution in [-0.4, -0.2) is 49.8 Å². The molecule has 11 heteroatoms. The third-order valence-corrected chi connectivity index (χ3v) is 7.45. The normalized spacial score (nSPS) is 12.2. The Morgan fingerprint density at radius 2 is 1.69 bits per heavy atom. The van der Waals surface area contributed by atoms with E-state index in [1.54, 1.807) is 36.7 Å². The number of nitrogens with one attached hydrogen (secondary N) is 1. The Bertz CT molecular complexity index is 1410. The number of rotatable bonds is 9. The van der Waals surface area contributed by atoms with Crippen molar-refractivity contribution in [1.82, 2.24) is 9.88 Å². The van der Waals surface area contributed by atoms with Crippen LogP contribution in [0.2, 0.25) is 5.02 Å². The van der Waals surface area contributed by atoms with E-state index in [0.717, 1.165) is 16.5 Å². The molecule has 3 rings (SSSR count). The molecule has 1 amide bonds. The van der Waals surface area contributed by atoms with Crippen LogP contribution in [0.25, 0.3) is 10.9 Å². The zero-order valence-corrected chi connectivity index (χ0v) is 21.9. The Labute approximate surface area is 214 Å². The number of ether oxygens (including phenoxy) is 2. The summed E-state index contributed by atoms with van der Waals surface area (Å²) in [5.41, 5.74) is 2.95. The van der Waals surface area contributed by atoms with Gasteiger partial charge in [-0.05, 0) is 55.3 Å². The van der Waals surface area contributed by atoms with Gasteiger partial charge < -0.3 is 19.4 Å². The van der Waals surface area contributed by atoms with Gasteiger partial charge in [0.1, 0.15) is 18.9 Å². The summed E-state index contributed by atoms with van der Waals surface area (Å²) in [6.45, 7) is 4.54. The van der Waals surface area contributed by atoms with Crippen LogP contribution in [0.1, 0.15) is 41.5 Å². The topological polar surface area (TPSA) is 121 Å². The van der Waals surface area contributed by atoms with Gasteiger partial charge >= 0.3 is 11.9 Å². The predicted molar refractivity (Wildman–Crippen MR) is 135 cm³/mol. The second-order valence-electron chi connectivity index (χ2n) is 8.35. The summed E-state index contributed by atoms with van der Waals surface area (Å²) in [5.74, 6) is -2.62. The lowest BCUT2D eigenvalue weighted by Gasteiger charge is -2.15. The molecule has 192 valence electrons. The van der Waals surface area contributed by atoms with Gasteiger partial charge in [-0.1, -0.05) is 23.7 Å². The SMILES string of the molecule is CC(=O)OCCOC(=O)CS(=O)(=O)c1ccc(C(C)NC(=O)c2cc3c(Cl)cc(C)cc3n2C)cc1. The van der Waals surface area contributed by atoms with E-state index in [9.17, 15) is 22.8 Å². The Balaban J connectivity index is 1.65. The summed E-state index contributed by atoms with van der Waals surface area (Å²) in [6.07, 6.45) is 0. The van der Waals surface area contributed by atoms with Crippen molar-refractivity contribution in [3.05, 3.63) is 64.3 Å². The molecule has 0 aliphatic heterocycles. The third-order valence-electron chi connectivity index (χ3n) is 5.53. The first-order chi connectivity index (χ1) is 16.9. The van der Waals surface area contributed by atoms with E-state index < -0.39 is 33.6 Å². The first-order valence-electron chi connectivity index (χ1n) is 11.1. The zero-order chi connectivity index (χ0) is 26.6. The Hall–Kier alpha value is -3.37. The molecule has 3 aromatic rings. The van der Waals surface area contributed by atoms with Crippen molar-refractivity contribution in [2.75, 3.05) is 19.0 Å². The number of fused-ring (bicyclic) bond motifs is 1. The second-order valence-corrected chi connectivity index (χ2v) is 10.7. The maximum Gasteiger partial charge on any atom is 0.321 e. The number of carbonyl (C=O) groups excluding carboxylic acids is 3. The van der Waals surface area contributed by atoms with Crippen molar-refractivity contribution in [2.24, 2.45) is 7.05 Å². The molecule has 1 unspecified atom stereocenters. The lowest BCUT2D eigenvalue weighted by atomic mass is 10.1. The van der Waals surface area contributed by atoms with Crippen molar-refractivity contribution in [1.29, 1.82) is 0 Å². The van der Waals surface area contributed by atoms with Crippen LogP contribution in [0.3, 0.4) is 0 Å². The van der Waals surface area contributed by atoms with Crippen LogP contribution < -0.4 is 5.32 Å². The minimum absolute atomic E-state index is 0.0552. The molecular formula is C25H27ClN2O7S. The van der Waals surface area contributed by atoms with Crippen LogP contribution in [0, 0.1) is 6.92 Å². The molecule has 1 heterocycles. The maximum atomic E-state index is 13.0. The number of sulfone groups is 1. The Morgan fingerprint density at radius 3 is 2.33 bits per heavy atom. The first-order valence-corrected chi connectivity index (χ1v) is 13.1. The smallest absolute Gasteiger partial charge is 0.321 e. The van der Waals surface area contributed by atoms with E-state index in [-0.39, 0.29) is 24.0 Å². The fourth-order valence-electron chi connectivity index (χ4n) is 3.68. The van der Waals surface area contributed by atoms with Gasteiger partial charge in [-0.15, -0.1) is 0 Å². The number of amides is 1. The average molecular weight is 535 g/mol. The van der Waals surface area contributed by atoms with Crippen LogP contribution in [-0.2, 0) is 35.9 Å². The molecule has 1 aromatic heterocycles. The van der Waals surface area contributed by atoms with Gasteiger partial charge in [-0.25, -0.2) is 8.42 Å². The predicted octanol–water partition coefficient (Wildman–Crippen LogP) is 3.51. The molecule has 0 saturated carbocycles. The van der Waals surface area contributed by atoms with Gasteiger partial charge in [0, 0.05) is 19.4 Å². The van der Waals surface area contributed by atoms with Crippen molar-refractivity contribution in [3.8, 4) is 0 Å². The van der Waals surface area contributed by atoms with Crippen LogP contribution in [0.5, 0.6) is 0 Å². The Morgan fingerprint density at radius 1 is 1.06 bits per heavy atom. The molecule has 0 aliphatic rings. The van der Waals surface area contributed by atoms with Gasteiger partial charge in [0.25, 0.3) is 5.91 Å². The summed E-state index contributed by atoms with van der Waals surface area (Å²) >= 11 is 6.34. The molecule has 0 radical (unpaired) electrons. The molecular weight excluding hydrogens is 508 g/mol. The molecule has 9 nitrogen and oxygen atoms in total. The first kappa shape index (κ1) is 27.2. The van der Waals surface area contributed by atoms with Crippen molar-refractivity contribution >= 4 is 50.2 Å². The van der Waals surface area contributed by atoms with Crippen molar-refractivity contribution in [2.45, 2.75) is 31.7 Å². The molecule has 2 aromatic carbocycles. The number of aryl methyl sites for hydroxylation is 2. The molecule has 0 spiro atoms. The highest BCUT2D eigenvalue weighted by atomic mass is 35.5. The minimum Gasteiger partial charge on any atom is -0.462 e. The molecule has 0 saturated heterocycles. The zero-order valence-electron chi connectivity index (χ0n) is 20.3. The summed E-state index contributed by atoms with van der Waals surface area (Å²) in [6, 6.07) is 11.0. The number of nitrogens with zero attached hydrogens (tertiary/aromatic N) is 1. The highest BCUT2D eigenvalue weighted by Crippen LogP contribution is 2.28. The number of hydrogen-bond donors (Lipinski definition) is 1. The fourth-order valence-corrected chi connectivity index (χ4v) is 5.11. The highest BCUT2D eigenvalue weighted by Gasteiger charge is 2.22. The van der Waals surface area contributed by atoms with Gasteiger partial charge in [-0.2, -0.15) is 0 Å². The number of benzene rings is 2. The quantitative estimate of drug-likeness (QED) is 0.329. The van der Waals surface area contributed by atoms with E-state index >= 15 is 0 Å². The standard InChI is InChI=1S/C25H27ClN2O7S/c1-15-11-21(26)20-13-23(28(4)22(20)12-15)25(31)27-16(2)18-5-7-19(8-6-18)36(32,33)14-24(30)35-10-9-34-17(3)29/h5-8,11-13,16H,9-10,14H2,1-4H3,(H,27,31). The van der Waals surface area contributed by atoms with Crippen LogP contribution >= 0.6 is 11.6 Å². The summed E-state index contributed by atoms with van der Waals surface area (Å²) < 4.78 is 36.3. The minimum atomic E-state index is -3.94. The highest BCUT2D eigenvalue weighted by molar-refractivity contribution is 7.92. The van der Waals surface area contributed by atoms with Gasteiger partial charge in [0.15, 0.2) is 15.6 Å². The van der Waals surface area contributed by atoms with Gasteiger partial charge in [-0.3, -0.25) is 14.4 Å². The van der Waals surface area contributed by atoms with Crippen molar-refractivity contribution in [3.63, 3.8) is 0 Å². The van der Waals surface area contributed by atoms with E-state index in [0.29, 0.717) is 16.3 Å². The number of esters is 2. The Kier molecular flexibility index (Phi) is 8.42. The summed E-state index contributed by atoms with van der Waals surface area (Å²) in [7, 11) is -2.14. The molecule has 36 heavy (non-hydrogen) atoms. The second kappa shape index (κ2) is 11.1. The number of aromatic nitrogens is 1. The lowest BCUT2D eigenvalue weighted by Crippen LogP contribution is -2.28. The van der Waals surface area contributed by atoms with E-state index in [1.165, 1.54) is 19.1 Å². The van der Waals surface area contributed by atoms with Crippen molar-refractivity contribution < 1.29 is 32.3 Å². The molecule has 0 fully saturated rings. The maximum absolute atomic E-state index is 13.0. The fraction of sp³-hybridized carbons (Fsp3) is 0.320. The number of carbonyl (C=O) groups is 3. The summed E-state index contributed by atoms with van der Waals surface area (Å²) in [4.78, 5) is 35.4. The molecule has 1 atom stereocenters.